The molecule has 0 aromatic carbocycles. The summed E-state index contributed by atoms with van der Waals surface area (Å²) >= 11 is 0. The van der Waals surface area contributed by atoms with Crippen molar-refractivity contribution in [1.82, 2.24) is 15.1 Å². The molecule has 0 aliphatic heterocycles. The van der Waals surface area contributed by atoms with E-state index in [-0.39, 0.29) is 6.54 Å². The van der Waals surface area contributed by atoms with Crippen molar-refractivity contribution in [2.45, 2.75) is 37.7 Å². The minimum Gasteiger partial charge on any atom is -0.390 e. The topological polar surface area (TPSA) is 50.1 Å². The number of aliphatic hydroxyl groups excluding tert-OH is 1. The molecule has 1 fully saturated rings. The lowest BCUT2D eigenvalue weighted by Crippen LogP contribution is -2.31. The smallest absolute Gasteiger partial charge is 0.390 e. The number of nitrogens with one attached hydrogen (secondary N) is 1. The highest BCUT2D eigenvalue weighted by Crippen LogP contribution is 2.27. The van der Waals surface area contributed by atoms with Gasteiger partial charge in [0.15, 0.2) is 5.69 Å². The van der Waals surface area contributed by atoms with Crippen LogP contribution in [0, 0.1) is 0 Å². The number of halogens is 3. The Balaban J connectivity index is 1.82. The first kappa shape index (κ1) is 12.4. The molecule has 1 aliphatic carbocycles. The predicted molar refractivity (Wildman–Crippen MR) is 54.3 cm³/mol. The van der Waals surface area contributed by atoms with Crippen LogP contribution in [0.4, 0.5) is 13.2 Å². The minimum absolute atomic E-state index is 0.0653. The summed E-state index contributed by atoms with van der Waals surface area (Å²) in [5.41, 5.74) is -0.931. The van der Waals surface area contributed by atoms with E-state index >= 15 is 0 Å². The summed E-state index contributed by atoms with van der Waals surface area (Å²) in [4.78, 5) is 0. The van der Waals surface area contributed by atoms with Crippen LogP contribution in [0.15, 0.2) is 12.3 Å². The maximum atomic E-state index is 12.3. The molecular weight excluding hydrogens is 235 g/mol. The standard InChI is InChI=1S/C10H14F3N3O/c11-10(12,13)9-3-4-16(15-9)6-8(17)5-14-7-1-2-7/h3-4,7-8,14,17H,1-2,5-6H2. The predicted octanol–water partition coefficient (Wildman–Crippen LogP) is 1.01. The fraction of sp³-hybridized carbons (Fsp3) is 0.700. The van der Waals surface area contributed by atoms with Crippen molar-refractivity contribution in [3.8, 4) is 0 Å². The molecule has 0 bridgehead atoms. The lowest BCUT2D eigenvalue weighted by molar-refractivity contribution is -0.141. The van der Waals surface area contributed by atoms with Crippen molar-refractivity contribution in [2.24, 2.45) is 0 Å². The summed E-state index contributed by atoms with van der Waals surface area (Å²) in [6.07, 6.45) is -1.72. The molecule has 1 atom stereocenters. The van der Waals surface area contributed by atoms with Gasteiger partial charge < -0.3 is 10.4 Å². The molecule has 1 aromatic heterocycles. The third-order valence-corrected chi connectivity index (χ3v) is 2.55. The number of nitrogens with zero attached hydrogens (tertiary/aromatic N) is 2. The monoisotopic (exact) mass is 249 g/mol. The maximum Gasteiger partial charge on any atom is 0.435 e. The van der Waals surface area contributed by atoms with Crippen molar-refractivity contribution in [2.75, 3.05) is 6.54 Å². The largest absolute Gasteiger partial charge is 0.435 e. The van der Waals surface area contributed by atoms with Crippen molar-refractivity contribution < 1.29 is 18.3 Å². The van der Waals surface area contributed by atoms with Gasteiger partial charge in [0.2, 0.25) is 0 Å². The first-order chi connectivity index (χ1) is 7.95. The molecule has 0 radical (unpaired) electrons. The molecule has 7 heteroatoms. The van der Waals surface area contributed by atoms with E-state index in [1.165, 1.54) is 6.20 Å². The first-order valence-corrected chi connectivity index (χ1v) is 5.47. The summed E-state index contributed by atoms with van der Waals surface area (Å²) in [6.45, 7) is 0.446. The quantitative estimate of drug-likeness (QED) is 0.819. The van der Waals surface area contributed by atoms with Gasteiger partial charge in [0.25, 0.3) is 0 Å². The van der Waals surface area contributed by atoms with Gasteiger partial charge in [-0.25, -0.2) is 0 Å². The van der Waals surface area contributed by atoms with E-state index in [1.54, 1.807) is 0 Å². The van der Waals surface area contributed by atoms with Crippen LogP contribution in [0.5, 0.6) is 0 Å². The molecule has 1 aromatic rings. The Morgan fingerprint density at radius 2 is 2.24 bits per heavy atom. The zero-order valence-electron chi connectivity index (χ0n) is 9.11. The highest BCUT2D eigenvalue weighted by atomic mass is 19.4. The Labute approximate surface area is 96.4 Å². The second kappa shape index (κ2) is 4.66. The SMILES string of the molecule is OC(CNC1CC1)Cn1ccc(C(F)(F)F)n1. The molecule has 0 amide bonds. The van der Waals surface area contributed by atoms with E-state index in [4.69, 9.17) is 0 Å². The third-order valence-electron chi connectivity index (χ3n) is 2.55. The maximum absolute atomic E-state index is 12.3. The van der Waals surface area contributed by atoms with E-state index in [9.17, 15) is 18.3 Å². The molecule has 17 heavy (non-hydrogen) atoms. The van der Waals surface area contributed by atoms with Crippen molar-refractivity contribution in [3.05, 3.63) is 18.0 Å². The van der Waals surface area contributed by atoms with Gasteiger partial charge >= 0.3 is 6.18 Å². The fourth-order valence-corrected chi connectivity index (χ4v) is 1.49. The zero-order chi connectivity index (χ0) is 12.5. The molecule has 96 valence electrons. The summed E-state index contributed by atoms with van der Waals surface area (Å²) < 4.78 is 37.9. The van der Waals surface area contributed by atoms with Crippen LogP contribution in [0.1, 0.15) is 18.5 Å². The molecule has 1 heterocycles. The number of hydrogen-bond acceptors (Lipinski definition) is 3. The Morgan fingerprint density at radius 1 is 1.53 bits per heavy atom. The number of rotatable bonds is 5. The third kappa shape index (κ3) is 3.71. The molecule has 0 saturated heterocycles. The number of aromatic nitrogens is 2. The van der Waals surface area contributed by atoms with Gasteiger partial charge in [0, 0.05) is 18.8 Å². The molecule has 2 N–H and O–H groups in total. The van der Waals surface area contributed by atoms with E-state index < -0.39 is 18.0 Å². The Bertz CT molecular complexity index is 373. The average Bonchev–Trinajstić information content (AvgIpc) is 2.93. The Morgan fingerprint density at radius 3 is 2.76 bits per heavy atom. The summed E-state index contributed by atoms with van der Waals surface area (Å²) in [5, 5.41) is 16.1. The lowest BCUT2D eigenvalue weighted by atomic mass is 10.3. The minimum atomic E-state index is -4.43. The summed E-state index contributed by atoms with van der Waals surface area (Å²) in [6, 6.07) is 1.37. The van der Waals surface area contributed by atoms with Gasteiger partial charge in [-0.05, 0) is 18.9 Å². The Hall–Kier alpha value is -1.08. The zero-order valence-corrected chi connectivity index (χ0v) is 9.11. The summed E-state index contributed by atoms with van der Waals surface area (Å²) in [7, 11) is 0. The fourth-order valence-electron chi connectivity index (χ4n) is 1.49. The van der Waals surface area contributed by atoms with Crippen LogP contribution in [-0.4, -0.2) is 33.6 Å². The van der Waals surface area contributed by atoms with E-state index in [1.807, 2.05) is 0 Å². The highest BCUT2D eigenvalue weighted by molar-refractivity contribution is 5.03. The summed E-state index contributed by atoms with van der Waals surface area (Å²) in [5.74, 6) is 0. The van der Waals surface area contributed by atoms with Gasteiger partial charge in [-0.3, -0.25) is 4.68 Å². The molecule has 1 unspecified atom stereocenters. The normalized spacial score (nSPS) is 18.4. The van der Waals surface area contributed by atoms with Crippen molar-refractivity contribution >= 4 is 0 Å². The lowest BCUT2D eigenvalue weighted by Gasteiger charge is -2.11. The van der Waals surface area contributed by atoms with E-state index in [2.05, 4.69) is 10.4 Å². The Kier molecular flexibility index (Phi) is 3.39. The van der Waals surface area contributed by atoms with Crippen LogP contribution >= 0.6 is 0 Å². The van der Waals surface area contributed by atoms with Crippen LogP contribution in [-0.2, 0) is 12.7 Å². The van der Waals surface area contributed by atoms with Crippen LogP contribution in [0.25, 0.3) is 0 Å². The molecule has 4 nitrogen and oxygen atoms in total. The average molecular weight is 249 g/mol. The van der Waals surface area contributed by atoms with Gasteiger partial charge in [-0.15, -0.1) is 0 Å². The van der Waals surface area contributed by atoms with Gasteiger partial charge in [-0.2, -0.15) is 18.3 Å². The van der Waals surface area contributed by atoms with Gasteiger partial charge in [0.1, 0.15) is 0 Å². The molecule has 1 saturated carbocycles. The van der Waals surface area contributed by atoms with Crippen molar-refractivity contribution in [3.63, 3.8) is 0 Å². The molecule has 1 aliphatic rings. The van der Waals surface area contributed by atoms with E-state index in [0.29, 0.717) is 12.6 Å². The second-order valence-corrected chi connectivity index (χ2v) is 4.26. The van der Waals surface area contributed by atoms with Crippen molar-refractivity contribution in [1.29, 1.82) is 0 Å². The van der Waals surface area contributed by atoms with Gasteiger partial charge in [0.05, 0.1) is 12.6 Å². The van der Waals surface area contributed by atoms with E-state index in [0.717, 1.165) is 23.6 Å². The number of hydrogen-bond donors (Lipinski definition) is 2. The van der Waals surface area contributed by atoms with Gasteiger partial charge in [-0.1, -0.05) is 0 Å². The number of alkyl halides is 3. The second-order valence-electron chi connectivity index (χ2n) is 4.26. The van der Waals surface area contributed by atoms with Crippen LogP contribution in [0.3, 0.4) is 0 Å². The first-order valence-electron chi connectivity index (χ1n) is 5.47. The van der Waals surface area contributed by atoms with Crippen LogP contribution in [0.2, 0.25) is 0 Å². The number of aliphatic hydroxyl groups is 1. The molecule has 2 rings (SSSR count). The molecular formula is C10H14F3N3O. The molecule has 0 spiro atoms. The highest BCUT2D eigenvalue weighted by Gasteiger charge is 2.33. The van der Waals surface area contributed by atoms with Crippen LogP contribution < -0.4 is 5.32 Å².